The van der Waals surface area contributed by atoms with Gasteiger partial charge in [-0.05, 0) is 44.2 Å². The molecule has 1 amide bonds. The van der Waals surface area contributed by atoms with Crippen molar-refractivity contribution in [2.75, 3.05) is 0 Å². The number of amides is 1. The second kappa shape index (κ2) is 6.22. The number of hydrogen-bond acceptors (Lipinski definition) is 2. The number of nitrogens with zero attached hydrogens (tertiary/aromatic N) is 1. The molecular formula is C17H15Cl2N3O. The molecular weight excluding hydrogens is 333 g/mol. The van der Waals surface area contributed by atoms with Crippen LogP contribution in [-0.4, -0.2) is 21.9 Å². The molecule has 2 aromatic carbocycles. The summed E-state index contributed by atoms with van der Waals surface area (Å²) in [6, 6.07) is 10.7. The normalized spacial score (nSPS) is 11.2. The van der Waals surface area contributed by atoms with Crippen LogP contribution < -0.4 is 5.32 Å². The number of aromatic nitrogens is 2. The maximum absolute atomic E-state index is 12.1. The van der Waals surface area contributed by atoms with E-state index in [1.165, 1.54) is 0 Å². The Bertz CT molecular complexity index is 866. The minimum atomic E-state index is -0.117. The fraction of sp³-hybridized carbons (Fsp3) is 0.176. The Morgan fingerprint density at radius 3 is 2.52 bits per heavy atom. The van der Waals surface area contributed by atoms with Crippen LogP contribution in [0.3, 0.4) is 0 Å². The SMILES string of the molecule is CC(C)NC(=O)c1ccc2nc(-c3c(Cl)cccc3Cl)[nH]c2c1. The van der Waals surface area contributed by atoms with Crippen molar-refractivity contribution in [3.8, 4) is 11.4 Å². The van der Waals surface area contributed by atoms with E-state index in [1.807, 2.05) is 13.8 Å². The van der Waals surface area contributed by atoms with Crippen LogP contribution >= 0.6 is 23.2 Å². The highest BCUT2D eigenvalue weighted by molar-refractivity contribution is 6.39. The summed E-state index contributed by atoms with van der Waals surface area (Å²) < 4.78 is 0. The van der Waals surface area contributed by atoms with Crippen molar-refractivity contribution in [1.82, 2.24) is 15.3 Å². The molecule has 3 aromatic rings. The molecule has 0 aliphatic rings. The Labute approximate surface area is 143 Å². The number of hydrogen-bond donors (Lipinski definition) is 2. The van der Waals surface area contributed by atoms with Gasteiger partial charge in [0.1, 0.15) is 5.82 Å². The molecule has 1 aromatic heterocycles. The van der Waals surface area contributed by atoms with Gasteiger partial charge in [0.25, 0.3) is 5.91 Å². The van der Waals surface area contributed by atoms with Crippen LogP contribution in [0.2, 0.25) is 10.0 Å². The summed E-state index contributed by atoms with van der Waals surface area (Å²) >= 11 is 12.4. The summed E-state index contributed by atoms with van der Waals surface area (Å²) in [7, 11) is 0. The highest BCUT2D eigenvalue weighted by Gasteiger charge is 2.14. The molecule has 0 fully saturated rings. The predicted octanol–water partition coefficient (Wildman–Crippen LogP) is 4.67. The predicted molar refractivity (Wildman–Crippen MR) is 94.2 cm³/mol. The fourth-order valence-electron chi connectivity index (χ4n) is 2.34. The van der Waals surface area contributed by atoms with Gasteiger partial charge in [-0.2, -0.15) is 0 Å². The maximum Gasteiger partial charge on any atom is 0.251 e. The Balaban J connectivity index is 2.05. The Morgan fingerprint density at radius 2 is 1.87 bits per heavy atom. The van der Waals surface area contributed by atoms with E-state index < -0.39 is 0 Å². The molecule has 118 valence electrons. The van der Waals surface area contributed by atoms with Crippen molar-refractivity contribution in [3.05, 3.63) is 52.0 Å². The Kier molecular flexibility index (Phi) is 4.28. The smallest absolute Gasteiger partial charge is 0.251 e. The van der Waals surface area contributed by atoms with Crippen LogP contribution in [0.15, 0.2) is 36.4 Å². The van der Waals surface area contributed by atoms with Crippen molar-refractivity contribution >= 4 is 40.1 Å². The lowest BCUT2D eigenvalue weighted by molar-refractivity contribution is 0.0943. The molecule has 0 spiro atoms. The maximum atomic E-state index is 12.1. The molecule has 0 bridgehead atoms. The number of rotatable bonds is 3. The Hall–Kier alpha value is -2.04. The summed E-state index contributed by atoms with van der Waals surface area (Å²) in [6.07, 6.45) is 0. The number of halogens is 2. The third-order valence-corrected chi connectivity index (χ3v) is 3.99. The largest absolute Gasteiger partial charge is 0.350 e. The van der Waals surface area contributed by atoms with E-state index in [9.17, 15) is 4.79 Å². The molecule has 6 heteroatoms. The summed E-state index contributed by atoms with van der Waals surface area (Å²) in [5.41, 5.74) is 2.73. The van der Waals surface area contributed by atoms with Crippen molar-refractivity contribution in [3.63, 3.8) is 0 Å². The first-order chi connectivity index (χ1) is 11.0. The van der Waals surface area contributed by atoms with Crippen LogP contribution in [0.4, 0.5) is 0 Å². The van der Waals surface area contributed by atoms with E-state index in [4.69, 9.17) is 23.2 Å². The molecule has 2 N–H and O–H groups in total. The van der Waals surface area contributed by atoms with Gasteiger partial charge in [-0.3, -0.25) is 4.79 Å². The number of imidazole rings is 1. The van der Waals surface area contributed by atoms with Gasteiger partial charge in [0, 0.05) is 11.6 Å². The zero-order valence-electron chi connectivity index (χ0n) is 12.7. The summed E-state index contributed by atoms with van der Waals surface area (Å²) in [6.45, 7) is 3.84. The number of nitrogens with one attached hydrogen (secondary N) is 2. The van der Waals surface area contributed by atoms with Gasteiger partial charge in [-0.15, -0.1) is 0 Å². The lowest BCUT2D eigenvalue weighted by atomic mass is 10.2. The van der Waals surface area contributed by atoms with Gasteiger partial charge >= 0.3 is 0 Å². The summed E-state index contributed by atoms with van der Waals surface area (Å²) in [5, 5.41) is 3.91. The minimum Gasteiger partial charge on any atom is -0.350 e. The molecule has 23 heavy (non-hydrogen) atoms. The summed E-state index contributed by atoms with van der Waals surface area (Å²) in [4.78, 5) is 19.8. The van der Waals surface area contributed by atoms with E-state index in [0.29, 0.717) is 27.0 Å². The summed E-state index contributed by atoms with van der Waals surface area (Å²) in [5.74, 6) is 0.464. The van der Waals surface area contributed by atoms with Gasteiger partial charge in [-0.1, -0.05) is 29.3 Å². The van der Waals surface area contributed by atoms with Crippen molar-refractivity contribution in [1.29, 1.82) is 0 Å². The van der Waals surface area contributed by atoms with Crippen LogP contribution in [0.1, 0.15) is 24.2 Å². The van der Waals surface area contributed by atoms with Crippen LogP contribution in [-0.2, 0) is 0 Å². The van der Waals surface area contributed by atoms with E-state index >= 15 is 0 Å². The highest BCUT2D eigenvalue weighted by atomic mass is 35.5. The van der Waals surface area contributed by atoms with Crippen LogP contribution in [0, 0.1) is 0 Å². The Morgan fingerprint density at radius 1 is 1.17 bits per heavy atom. The number of carbonyl (C=O) groups is 1. The van der Waals surface area contributed by atoms with Gasteiger partial charge in [-0.25, -0.2) is 4.98 Å². The second-order valence-corrected chi connectivity index (χ2v) is 6.36. The number of benzene rings is 2. The van der Waals surface area contributed by atoms with Gasteiger partial charge in [0.2, 0.25) is 0 Å². The monoisotopic (exact) mass is 347 g/mol. The quantitative estimate of drug-likeness (QED) is 0.722. The molecule has 3 rings (SSSR count). The number of aromatic amines is 1. The van der Waals surface area contributed by atoms with Gasteiger partial charge in [0.15, 0.2) is 0 Å². The first-order valence-electron chi connectivity index (χ1n) is 7.20. The van der Waals surface area contributed by atoms with Crippen LogP contribution in [0.5, 0.6) is 0 Å². The topological polar surface area (TPSA) is 57.8 Å². The zero-order valence-corrected chi connectivity index (χ0v) is 14.2. The van der Waals surface area contributed by atoms with Crippen molar-refractivity contribution < 1.29 is 4.79 Å². The molecule has 0 saturated heterocycles. The lowest BCUT2D eigenvalue weighted by Crippen LogP contribution is -2.29. The molecule has 0 aliphatic carbocycles. The van der Waals surface area contributed by atoms with E-state index in [0.717, 1.165) is 11.0 Å². The van der Waals surface area contributed by atoms with Crippen LogP contribution in [0.25, 0.3) is 22.4 Å². The molecule has 4 nitrogen and oxygen atoms in total. The number of H-pyrrole nitrogens is 1. The zero-order chi connectivity index (χ0) is 16.6. The van der Waals surface area contributed by atoms with E-state index in [1.54, 1.807) is 36.4 Å². The first kappa shape index (κ1) is 15.8. The molecule has 1 heterocycles. The highest BCUT2D eigenvalue weighted by Crippen LogP contribution is 2.33. The molecule has 0 radical (unpaired) electrons. The van der Waals surface area contributed by atoms with Gasteiger partial charge < -0.3 is 10.3 Å². The average Bonchev–Trinajstić information content (AvgIpc) is 2.88. The molecule has 0 unspecified atom stereocenters. The standard InChI is InChI=1S/C17H15Cl2N3O/c1-9(2)20-17(23)10-6-7-13-14(8-10)22-16(21-13)15-11(18)4-3-5-12(15)19/h3-9H,1-2H3,(H,20,23)(H,21,22). The van der Waals surface area contributed by atoms with Crippen molar-refractivity contribution in [2.24, 2.45) is 0 Å². The third kappa shape index (κ3) is 3.19. The fourth-order valence-corrected chi connectivity index (χ4v) is 2.92. The molecule has 0 aliphatic heterocycles. The second-order valence-electron chi connectivity index (χ2n) is 5.54. The number of fused-ring (bicyclic) bond motifs is 1. The first-order valence-corrected chi connectivity index (χ1v) is 7.96. The molecule has 0 atom stereocenters. The molecule has 0 saturated carbocycles. The van der Waals surface area contributed by atoms with Gasteiger partial charge in [0.05, 0.1) is 26.6 Å². The lowest BCUT2D eigenvalue weighted by Gasteiger charge is -2.07. The van der Waals surface area contributed by atoms with E-state index in [-0.39, 0.29) is 11.9 Å². The number of carbonyl (C=O) groups excluding carboxylic acids is 1. The van der Waals surface area contributed by atoms with Crippen molar-refractivity contribution in [2.45, 2.75) is 19.9 Å². The van der Waals surface area contributed by atoms with E-state index in [2.05, 4.69) is 15.3 Å². The minimum absolute atomic E-state index is 0.0810. The third-order valence-electron chi connectivity index (χ3n) is 3.36. The average molecular weight is 348 g/mol.